The van der Waals surface area contributed by atoms with Crippen LogP contribution in [0.4, 0.5) is 4.39 Å². The summed E-state index contributed by atoms with van der Waals surface area (Å²) in [6.07, 6.45) is 4.44. The molecule has 11 heteroatoms. The number of imidazole rings is 1. The lowest BCUT2D eigenvalue weighted by atomic mass is 9.93. The quantitative estimate of drug-likeness (QED) is 0.206. The molecular formula is C32H30ClFN4O5. The van der Waals surface area contributed by atoms with E-state index in [2.05, 4.69) is 4.90 Å². The summed E-state index contributed by atoms with van der Waals surface area (Å²) in [5, 5.41) is 11.0. The van der Waals surface area contributed by atoms with Crippen LogP contribution in [0.5, 0.6) is 5.88 Å². The Kier molecular flexibility index (Phi) is 7.50. The Bertz CT molecular complexity index is 1810. The SMILES string of the molecule is O=C(O)c1cc2c(cc1F)nc(CN1CCC(c3cccc(OCc4ccc(Cl)c5ccoc45)n3)CC1)n2C[C@@H]1CCO1. The molecule has 2 aliphatic rings. The first-order valence-electron chi connectivity index (χ1n) is 14.4. The molecule has 2 aliphatic heterocycles. The van der Waals surface area contributed by atoms with Crippen LogP contribution in [0.15, 0.2) is 59.2 Å². The third-order valence-electron chi connectivity index (χ3n) is 8.46. The predicted octanol–water partition coefficient (Wildman–Crippen LogP) is 6.42. The van der Waals surface area contributed by atoms with Crippen LogP contribution >= 0.6 is 11.6 Å². The molecule has 1 atom stereocenters. The van der Waals surface area contributed by atoms with Crippen LogP contribution in [0.3, 0.4) is 0 Å². The second kappa shape index (κ2) is 11.6. The number of hydrogen-bond acceptors (Lipinski definition) is 7. The normalized spacial score (nSPS) is 17.9. The zero-order valence-corrected chi connectivity index (χ0v) is 24.1. The van der Waals surface area contributed by atoms with E-state index >= 15 is 0 Å². The number of rotatable bonds is 9. The molecule has 9 nitrogen and oxygen atoms in total. The number of nitrogens with zero attached hydrogens (tertiary/aromatic N) is 4. The van der Waals surface area contributed by atoms with Crippen LogP contribution in [0.2, 0.25) is 5.02 Å². The number of fused-ring (bicyclic) bond motifs is 2. The van der Waals surface area contributed by atoms with Gasteiger partial charge in [-0.15, -0.1) is 0 Å². The lowest BCUT2D eigenvalue weighted by Crippen LogP contribution is -2.35. The van der Waals surface area contributed by atoms with Crippen LogP contribution in [-0.2, 0) is 24.4 Å². The molecular weight excluding hydrogens is 575 g/mol. The minimum atomic E-state index is -1.29. The molecule has 2 aromatic carbocycles. The van der Waals surface area contributed by atoms with Gasteiger partial charge >= 0.3 is 5.97 Å². The average Bonchev–Trinajstić information content (AvgIpc) is 3.60. The molecule has 3 aromatic heterocycles. The van der Waals surface area contributed by atoms with Crippen molar-refractivity contribution in [1.29, 1.82) is 0 Å². The first-order chi connectivity index (χ1) is 20.9. The highest BCUT2D eigenvalue weighted by molar-refractivity contribution is 6.35. The first-order valence-corrected chi connectivity index (χ1v) is 14.8. The van der Waals surface area contributed by atoms with Crippen LogP contribution in [0.25, 0.3) is 22.0 Å². The molecule has 1 N–H and O–H groups in total. The van der Waals surface area contributed by atoms with Gasteiger partial charge in [0.2, 0.25) is 5.88 Å². The molecule has 0 amide bonds. The van der Waals surface area contributed by atoms with Crippen molar-refractivity contribution in [2.45, 2.75) is 51.0 Å². The van der Waals surface area contributed by atoms with Crippen LogP contribution in [-0.4, -0.2) is 56.3 Å². The van der Waals surface area contributed by atoms with E-state index in [-0.39, 0.29) is 11.7 Å². The van der Waals surface area contributed by atoms with Gasteiger partial charge in [0.25, 0.3) is 0 Å². The predicted molar refractivity (Wildman–Crippen MR) is 158 cm³/mol. The number of furan rings is 1. The third-order valence-corrected chi connectivity index (χ3v) is 8.79. The fourth-order valence-corrected chi connectivity index (χ4v) is 6.20. The second-order valence-corrected chi connectivity index (χ2v) is 11.6. The number of likely N-dealkylation sites (tertiary alicyclic amines) is 1. The standard InChI is InChI=1S/C32H30ClFN4O5/c33-24-5-4-20(31-22(24)9-13-42-31)18-43-30-3-1-2-26(36-30)19-6-10-37(11-7-19)17-29-35-27-15-25(34)23(32(39)40)14-28(27)38(29)16-21-8-12-41-21/h1-5,9,13-15,19,21H,6-8,10-12,16-18H2,(H,39,40)/t21-/m0/s1. The number of pyridine rings is 1. The summed E-state index contributed by atoms with van der Waals surface area (Å²) in [7, 11) is 0. The Balaban J connectivity index is 1.02. The van der Waals surface area contributed by atoms with Crippen molar-refractivity contribution in [1.82, 2.24) is 19.4 Å². The van der Waals surface area contributed by atoms with Gasteiger partial charge in [0.1, 0.15) is 23.8 Å². The summed E-state index contributed by atoms with van der Waals surface area (Å²) in [6, 6.07) is 14.1. The van der Waals surface area contributed by atoms with Crippen molar-refractivity contribution in [2.75, 3.05) is 19.7 Å². The maximum atomic E-state index is 14.5. The van der Waals surface area contributed by atoms with Crippen molar-refractivity contribution < 1.29 is 28.2 Å². The minimum Gasteiger partial charge on any atom is -0.478 e. The van der Waals surface area contributed by atoms with Gasteiger partial charge in [-0.05, 0) is 56.6 Å². The number of benzene rings is 2. The van der Waals surface area contributed by atoms with Gasteiger partial charge < -0.3 is 23.6 Å². The van der Waals surface area contributed by atoms with Gasteiger partial charge in [0.15, 0.2) is 0 Å². The van der Waals surface area contributed by atoms with E-state index in [1.54, 1.807) is 6.26 Å². The zero-order chi connectivity index (χ0) is 29.5. The molecule has 0 bridgehead atoms. The molecule has 0 saturated carbocycles. The highest BCUT2D eigenvalue weighted by atomic mass is 35.5. The largest absolute Gasteiger partial charge is 0.478 e. The number of piperidine rings is 1. The molecule has 43 heavy (non-hydrogen) atoms. The number of carbonyl (C=O) groups is 1. The van der Waals surface area contributed by atoms with Crippen molar-refractivity contribution in [2.24, 2.45) is 0 Å². The second-order valence-electron chi connectivity index (χ2n) is 11.2. The molecule has 2 fully saturated rings. The Morgan fingerprint density at radius 1 is 1.12 bits per heavy atom. The summed E-state index contributed by atoms with van der Waals surface area (Å²) in [5.41, 5.74) is 3.35. The van der Waals surface area contributed by atoms with Crippen LogP contribution < -0.4 is 4.74 Å². The number of aromatic carboxylic acids is 1. The minimum absolute atomic E-state index is 0.0468. The number of hydrogen-bond donors (Lipinski definition) is 1. The van der Waals surface area contributed by atoms with E-state index in [1.165, 1.54) is 12.1 Å². The average molecular weight is 605 g/mol. The van der Waals surface area contributed by atoms with Crippen molar-refractivity contribution in [3.8, 4) is 5.88 Å². The summed E-state index contributed by atoms with van der Waals surface area (Å²) in [6.45, 7) is 3.86. The van der Waals surface area contributed by atoms with E-state index in [0.29, 0.717) is 54.2 Å². The number of halogens is 2. The molecule has 0 spiro atoms. The molecule has 0 unspecified atom stereocenters. The van der Waals surface area contributed by atoms with E-state index < -0.39 is 11.8 Å². The van der Waals surface area contributed by atoms with Gasteiger partial charge in [-0.3, -0.25) is 4.90 Å². The first kappa shape index (κ1) is 27.8. The van der Waals surface area contributed by atoms with Crippen LogP contribution in [0.1, 0.15) is 52.6 Å². The Hall–Kier alpha value is -3.99. The molecule has 0 radical (unpaired) electrons. The smallest absolute Gasteiger partial charge is 0.338 e. The Morgan fingerprint density at radius 3 is 2.72 bits per heavy atom. The Labute approximate surface area is 251 Å². The maximum absolute atomic E-state index is 14.5. The molecule has 0 aliphatic carbocycles. The van der Waals surface area contributed by atoms with Crippen molar-refractivity contribution >= 4 is 39.6 Å². The molecule has 7 rings (SSSR count). The third kappa shape index (κ3) is 5.58. The van der Waals surface area contributed by atoms with Gasteiger partial charge in [-0.25, -0.2) is 19.2 Å². The Morgan fingerprint density at radius 2 is 1.95 bits per heavy atom. The zero-order valence-electron chi connectivity index (χ0n) is 23.3. The fraction of sp³-hybridized carbons (Fsp3) is 0.344. The highest BCUT2D eigenvalue weighted by Gasteiger charge is 2.27. The van der Waals surface area contributed by atoms with Gasteiger partial charge in [-0.2, -0.15) is 0 Å². The van der Waals surface area contributed by atoms with Gasteiger partial charge in [-0.1, -0.05) is 23.7 Å². The fourth-order valence-electron chi connectivity index (χ4n) is 5.99. The summed E-state index contributed by atoms with van der Waals surface area (Å²) >= 11 is 6.27. The number of carboxylic acids is 1. The molecule has 222 valence electrons. The highest BCUT2D eigenvalue weighted by Crippen LogP contribution is 2.31. The summed E-state index contributed by atoms with van der Waals surface area (Å²) in [5.74, 6) is -0.431. The van der Waals surface area contributed by atoms with E-state index in [0.717, 1.165) is 60.4 Å². The van der Waals surface area contributed by atoms with E-state index in [1.807, 2.05) is 41.0 Å². The van der Waals surface area contributed by atoms with Gasteiger partial charge in [0.05, 0.1) is 47.1 Å². The van der Waals surface area contributed by atoms with Crippen LogP contribution in [0, 0.1) is 5.82 Å². The monoisotopic (exact) mass is 604 g/mol. The van der Waals surface area contributed by atoms with Crippen molar-refractivity contribution in [3.63, 3.8) is 0 Å². The number of carboxylic acid groups (broad SMARTS) is 1. The summed E-state index contributed by atoms with van der Waals surface area (Å²) < 4.78 is 33.8. The topological polar surface area (TPSA) is 103 Å². The lowest BCUT2D eigenvalue weighted by Gasteiger charge is -2.32. The summed E-state index contributed by atoms with van der Waals surface area (Å²) in [4.78, 5) is 23.5. The van der Waals surface area contributed by atoms with Gasteiger partial charge in [0, 0.05) is 41.3 Å². The lowest BCUT2D eigenvalue weighted by molar-refractivity contribution is -0.0592. The van der Waals surface area contributed by atoms with E-state index in [9.17, 15) is 14.3 Å². The number of aromatic nitrogens is 3. The number of ether oxygens (including phenoxy) is 2. The maximum Gasteiger partial charge on any atom is 0.338 e. The molecule has 2 saturated heterocycles. The van der Waals surface area contributed by atoms with Crippen molar-refractivity contribution in [3.05, 3.63) is 88.3 Å². The molecule has 5 aromatic rings. The molecule has 5 heterocycles. The van der Waals surface area contributed by atoms with E-state index in [4.69, 9.17) is 35.5 Å².